The molecule has 0 amide bonds. The Hall–Kier alpha value is -1.46. The van der Waals surface area contributed by atoms with Crippen molar-refractivity contribution in [3.63, 3.8) is 0 Å². The molecule has 0 radical (unpaired) electrons. The van der Waals surface area contributed by atoms with Gasteiger partial charge in [-0.2, -0.15) is 0 Å². The summed E-state index contributed by atoms with van der Waals surface area (Å²) in [5, 5.41) is 12.0. The maximum absolute atomic E-state index is 5.42. The Morgan fingerprint density at radius 3 is 3.26 bits per heavy atom. The summed E-state index contributed by atoms with van der Waals surface area (Å²) in [5.41, 5.74) is 0.912. The molecule has 0 spiro atoms. The average Bonchev–Trinajstić information content (AvgIpc) is 3.08. The van der Waals surface area contributed by atoms with Crippen LogP contribution >= 0.6 is 0 Å². The zero-order valence-corrected chi connectivity index (χ0v) is 11.2. The Kier molecular flexibility index (Phi) is 3.75. The van der Waals surface area contributed by atoms with Crippen molar-refractivity contribution in [2.75, 3.05) is 19.8 Å². The van der Waals surface area contributed by atoms with Crippen LogP contribution in [0.2, 0.25) is 0 Å². The number of rotatable bonds is 5. The summed E-state index contributed by atoms with van der Waals surface area (Å²) < 4.78 is 7.47. The van der Waals surface area contributed by atoms with Crippen LogP contribution in [0.25, 0.3) is 5.65 Å². The Bertz CT molecular complexity index is 533. The van der Waals surface area contributed by atoms with E-state index < -0.39 is 0 Å². The van der Waals surface area contributed by atoms with Gasteiger partial charge in [-0.1, -0.05) is 6.07 Å². The number of nitrogens with one attached hydrogen (secondary N) is 1. The van der Waals surface area contributed by atoms with E-state index in [2.05, 4.69) is 22.4 Å². The molecule has 1 aliphatic heterocycles. The van der Waals surface area contributed by atoms with Gasteiger partial charge in [0.2, 0.25) is 0 Å². The first-order valence-electron chi connectivity index (χ1n) is 6.94. The highest BCUT2D eigenvalue weighted by molar-refractivity contribution is 5.36. The lowest BCUT2D eigenvalue weighted by Crippen LogP contribution is -2.35. The van der Waals surface area contributed by atoms with Gasteiger partial charge >= 0.3 is 0 Å². The number of aromatic nitrogens is 3. The average molecular weight is 260 g/mol. The normalized spacial score (nSPS) is 21.0. The molecule has 5 nitrogen and oxygen atoms in total. The Labute approximate surface area is 113 Å². The predicted molar refractivity (Wildman–Crippen MR) is 73.1 cm³/mol. The molecular weight excluding hydrogens is 240 g/mol. The van der Waals surface area contributed by atoms with Gasteiger partial charge in [-0.15, -0.1) is 10.2 Å². The molecule has 102 valence electrons. The monoisotopic (exact) mass is 260 g/mol. The SMILES string of the molecule is CC(NCCc1nnc2ccccn12)C1CCOC1. The molecule has 19 heavy (non-hydrogen) atoms. The highest BCUT2D eigenvalue weighted by Gasteiger charge is 2.21. The summed E-state index contributed by atoms with van der Waals surface area (Å²) in [4.78, 5) is 0. The van der Waals surface area contributed by atoms with Gasteiger partial charge in [0.05, 0.1) is 6.61 Å². The summed E-state index contributed by atoms with van der Waals surface area (Å²) in [5.74, 6) is 1.66. The molecule has 3 heterocycles. The molecule has 0 bridgehead atoms. The van der Waals surface area contributed by atoms with Gasteiger partial charge < -0.3 is 10.1 Å². The van der Waals surface area contributed by atoms with E-state index in [0.717, 1.165) is 37.7 Å². The van der Waals surface area contributed by atoms with Gasteiger partial charge in [0.25, 0.3) is 0 Å². The number of fused-ring (bicyclic) bond motifs is 1. The van der Waals surface area contributed by atoms with E-state index in [-0.39, 0.29) is 0 Å². The first kappa shape index (κ1) is 12.6. The van der Waals surface area contributed by atoms with Gasteiger partial charge in [-0.25, -0.2) is 0 Å². The fourth-order valence-electron chi connectivity index (χ4n) is 2.59. The molecule has 1 fully saturated rings. The largest absolute Gasteiger partial charge is 0.381 e. The van der Waals surface area contributed by atoms with E-state index in [9.17, 15) is 0 Å². The van der Waals surface area contributed by atoms with E-state index >= 15 is 0 Å². The molecule has 2 unspecified atom stereocenters. The fraction of sp³-hybridized carbons (Fsp3) is 0.571. The van der Waals surface area contributed by atoms with Crippen LogP contribution < -0.4 is 5.32 Å². The molecule has 2 atom stereocenters. The van der Waals surface area contributed by atoms with E-state index in [1.165, 1.54) is 6.42 Å². The lowest BCUT2D eigenvalue weighted by atomic mass is 10.0. The number of hydrogen-bond donors (Lipinski definition) is 1. The highest BCUT2D eigenvalue weighted by atomic mass is 16.5. The quantitative estimate of drug-likeness (QED) is 0.880. The Balaban J connectivity index is 1.54. The molecule has 5 heteroatoms. The summed E-state index contributed by atoms with van der Waals surface area (Å²) >= 11 is 0. The maximum atomic E-state index is 5.42. The third kappa shape index (κ3) is 2.77. The lowest BCUT2D eigenvalue weighted by Gasteiger charge is -2.18. The van der Waals surface area contributed by atoms with E-state index in [4.69, 9.17) is 4.74 Å². The van der Waals surface area contributed by atoms with Crippen molar-refractivity contribution in [3.8, 4) is 0 Å². The van der Waals surface area contributed by atoms with E-state index in [1.54, 1.807) is 0 Å². The van der Waals surface area contributed by atoms with Crippen LogP contribution in [-0.4, -0.2) is 40.4 Å². The van der Waals surface area contributed by atoms with Gasteiger partial charge in [0.1, 0.15) is 5.82 Å². The molecule has 3 rings (SSSR count). The highest BCUT2D eigenvalue weighted by Crippen LogP contribution is 2.16. The van der Waals surface area contributed by atoms with Gasteiger partial charge in [0.15, 0.2) is 5.65 Å². The molecule has 0 aromatic carbocycles. The van der Waals surface area contributed by atoms with Crippen LogP contribution in [0.15, 0.2) is 24.4 Å². The summed E-state index contributed by atoms with van der Waals surface area (Å²) in [6.07, 6.45) is 4.07. The van der Waals surface area contributed by atoms with Crippen LogP contribution in [-0.2, 0) is 11.2 Å². The van der Waals surface area contributed by atoms with Crippen molar-refractivity contribution in [2.24, 2.45) is 5.92 Å². The van der Waals surface area contributed by atoms with E-state index in [1.807, 2.05) is 28.8 Å². The van der Waals surface area contributed by atoms with Crippen molar-refractivity contribution >= 4 is 5.65 Å². The zero-order valence-electron chi connectivity index (χ0n) is 11.2. The van der Waals surface area contributed by atoms with Crippen LogP contribution in [0, 0.1) is 5.92 Å². The van der Waals surface area contributed by atoms with Crippen molar-refractivity contribution in [1.82, 2.24) is 19.9 Å². The van der Waals surface area contributed by atoms with E-state index in [0.29, 0.717) is 12.0 Å². The molecule has 1 aliphatic rings. The minimum absolute atomic E-state index is 0.502. The molecule has 1 N–H and O–H groups in total. The first-order chi connectivity index (χ1) is 9.34. The number of hydrogen-bond acceptors (Lipinski definition) is 4. The Morgan fingerprint density at radius 2 is 2.42 bits per heavy atom. The summed E-state index contributed by atoms with van der Waals surface area (Å²) in [6.45, 7) is 4.96. The second-order valence-electron chi connectivity index (χ2n) is 5.16. The molecular formula is C14H20N4O. The minimum Gasteiger partial charge on any atom is -0.381 e. The van der Waals surface area contributed by atoms with Crippen LogP contribution in [0.4, 0.5) is 0 Å². The number of nitrogens with zero attached hydrogens (tertiary/aromatic N) is 3. The molecule has 2 aromatic heterocycles. The first-order valence-corrected chi connectivity index (χ1v) is 6.94. The third-order valence-electron chi connectivity index (χ3n) is 3.87. The summed E-state index contributed by atoms with van der Waals surface area (Å²) in [6, 6.07) is 6.46. The number of ether oxygens (including phenoxy) is 1. The lowest BCUT2D eigenvalue weighted by molar-refractivity contribution is 0.178. The Morgan fingerprint density at radius 1 is 1.47 bits per heavy atom. The van der Waals surface area contributed by atoms with Gasteiger partial charge in [0, 0.05) is 31.8 Å². The molecule has 2 aromatic rings. The second kappa shape index (κ2) is 5.67. The van der Waals surface area contributed by atoms with Crippen molar-refractivity contribution < 1.29 is 4.74 Å². The van der Waals surface area contributed by atoms with Crippen LogP contribution in [0.1, 0.15) is 19.2 Å². The van der Waals surface area contributed by atoms with Gasteiger partial charge in [-0.3, -0.25) is 4.40 Å². The molecule has 0 aliphatic carbocycles. The topological polar surface area (TPSA) is 51.5 Å². The standard InChI is InChI=1S/C14H20N4O/c1-11(12-6-9-19-10-12)15-7-5-14-17-16-13-4-2-3-8-18(13)14/h2-4,8,11-12,15H,5-7,9-10H2,1H3. The maximum Gasteiger partial charge on any atom is 0.160 e. The smallest absolute Gasteiger partial charge is 0.160 e. The third-order valence-corrected chi connectivity index (χ3v) is 3.87. The number of pyridine rings is 1. The zero-order chi connectivity index (χ0) is 13.1. The van der Waals surface area contributed by atoms with Gasteiger partial charge in [-0.05, 0) is 31.4 Å². The summed E-state index contributed by atoms with van der Waals surface area (Å²) in [7, 11) is 0. The van der Waals surface area contributed by atoms with Crippen LogP contribution in [0.5, 0.6) is 0 Å². The minimum atomic E-state index is 0.502. The predicted octanol–water partition coefficient (Wildman–Crippen LogP) is 1.29. The molecule has 0 saturated carbocycles. The van der Waals surface area contributed by atoms with Crippen molar-refractivity contribution in [1.29, 1.82) is 0 Å². The van der Waals surface area contributed by atoms with Crippen LogP contribution in [0.3, 0.4) is 0 Å². The fourth-order valence-corrected chi connectivity index (χ4v) is 2.59. The van der Waals surface area contributed by atoms with Crippen molar-refractivity contribution in [2.45, 2.75) is 25.8 Å². The second-order valence-corrected chi connectivity index (χ2v) is 5.16. The molecule has 1 saturated heterocycles. The van der Waals surface area contributed by atoms with Crippen molar-refractivity contribution in [3.05, 3.63) is 30.2 Å².